The van der Waals surface area contributed by atoms with Gasteiger partial charge in [-0.05, 0) is 0 Å². The highest BCUT2D eigenvalue weighted by Gasteiger charge is 2.29. The number of morpholine rings is 1. The van der Waals surface area contributed by atoms with Gasteiger partial charge in [0.2, 0.25) is 11.8 Å². The van der Waals surface area contributed by atoms with Gasteiger partial charge in [-0.2, -0.15) is 0 Å². The van der Waals surface area contributed by atoms with Gasteiger partial charge in [0.05, 0.1) is 19.8 Å². The van der Waals surface area contributed by atoms with Gasteiger partial charge in [-0.25, -0.2) is 0 Å². The molecule has 14 heavy (non-hydrogen) atoms. The van der Waals surface area contributed by atoms with E-state index in [0.29, 0.717) is 19.8 Å². The number of carbonyl (C=O) groups is 2. The second kappa shape index (κ2) is 4.92. The first-order valence-electron chi connectivity index (χ1n) is 4.47. The molecule has 2 amide bonds. The van der Waals surface area contributed by atoms with Crippen molar-refractivity contribution in [2.24, 2.45) is 5.73 Å². The molecule has 0 aliphatic carbocycles. The summed E-state index contributed by atoms with van der Waals surface area (Å²) in [5, 5.41) is 2.53. The molecule has 1 atom stereocenters. The molecular weight excluding hydrogens is 186 g/mol. The molecule has 1 heterocycles. The molecule has 0 bridgehead atoms. The highest BCUT2D eigenvalue weighted by molar-refractivity contribution is 5.83. The molecular formula is C8H15N3O3. The van der Waals surface area contributed by atoms with Crippen molar-refractivity contribution in [3.05, 3.63) is 0 Å². The predicted molar refractivity (Wildman–Crippen MR) is 49.4 cm³/mol. The van der Waals surface area contributed by atoms with Gasteiger partial charge in [0.1, 0.15) is 6.04 Å². The smallest absolute Gasteiger partial charge is 0.239 e. The topological polar surface area (TPSA) is 84.7 Å². The van der Waals surface area contributed by atoms with Crippen molar-refractivity contribution in [1.82, 2.24) is 10.2 Å². The molecule has 0 aromatic rings. The van der Waals surface area contributed by atoms with Crippen LogP contribution in [0.15, 0.2) is 0 Å². The summed E-state index contributed by atoms with van der Waals surface area (Å²) in [5.74, 6) is -0.577. The molecule has 80 valence electrons. The first-order chi connectivity index (χ1) is 6.65. The number of carbonyl (C=O) groups excluding carboxylic acids is 2. The Bertz CT molecular complexity index is 232. The van der Waals surface area contributed by atoms with Crippen molar-refractivity contribution >= 4 is 11.8 Å². The van der Waals surface area contributed by atoms with Crippen molar-refractivity contribution in [3.63, 3.8) is 0 Å². The van der Waals surface area contributed by atoms with Gasteiger partial charge in [-0.15, -0.1) is 0 Å². The van der Waals surface area contributed by atoms with Crippen LogP contribution in [0.1, 0.15) is 0 Å². The summed E-state index contributed by atoms with van der Waals surface area (Å²) >= 11 is 0. The predicted octanol–water partition coefficient (Wildman–Crippen LogP) is -2.08. The lowest BCUT2D eigenvalue weighted by Crippen LogP contribution is -2.55. The standard InChI is InChI=1S/C8H15N3O3/c1-10-8(13)6-5-14-3-2-11(6)4-7(9)12/h6H,2-5H2,1H3,(H2,9,12)(H,10,13). The summed E-state index contributed by atoms with van der Waals surface area (Å²) in [7, 11) is 1.55. The van der Waals surface area contributed by atoms with Crippen LogP contribution in [0, 0.1) is 0 Å². The summed E-state index contributed by atoms with van der Waals surface area (Å²) in [6.07, 6.45) is 0. The molecule has 3 N–H and O–H groups in total. The van der Waals surface area contributed by atoms with Gasteiger partial charge in [-0.3, -0.25) is 14.5 Å². The third-order valence-corrected chi connectivity index (χ3v) is 2.15. The zero-order valence-corrected chi connectivity index (χ0v) is 8.16. The van der Waals surface area contributed by atoms with E-state index in [2.05, 4.69) is 5.32 Å². The van der Waals surface area contributed by atoms with Crippen LogP contribution < -0.4 is 11.1 Å². The van der Waals surface area contributed by atoms with Gasteiger partial charge >= 0.3 is 0 Å². The van der Waals surface area contributed by atoms with E-state index >= 15 is 0 Å². The van der Waals surface area contributed by atoms with Crippen LogP contribution in [-0.4, -0.2) is 56.1 Å². The Morgan fingerprint density at radius 3 is 2.93 bits per heavy atom. The number of nitrogens with zero attached hydrogens (tertiary/aromatic N) is 1. The quantitative estimate of drug-likeness (QED) is 0.549. The number of rotatable bonds is 3. The maximum atomic E-state index is 11.4. The minimum Gasteiger partial charge on any atom is -0.378 e. The lowest BCUT2D eigenvalue weighted by atomic mass is 10.2. The molecule has 1 rings (SSSR count). The second-order valence-corrected chi connectivity index (χ2v) is 3.14. The lowest BCUT2D eigenvalue weighted by Gasteiger charge is -2.33. The fourth-order valence-electron chi connectivity index (χ4n) is 1.44. The largest absolute Gasteiger partial charge is 0.378 e. The van der Waals surface area contributed by atoms with Crippen molar-refractivity contribution in [1.29, 1.82) is 0 Å². The van der Waals surface area contributed by atoms with E-state index < -0.39 is 11.9 Å². The number of primary amides is 1. The number of nitrogens with two attached hydrogens (primary N) is 1. The number of ether oxygens (including phenoxy) is 1. The van der Waals surface area contributed by atoms with E-state index in [4.69, 9.17) is 10.5 Å². The lowest BCUT2D eigenvalue weighted by molar-refractivity contribution is -0.134. The minimum absolute atomic E-state index is 0.0987. The molecule has 1 unspecified atom stereocenters. The van der Waals surface area contributed by atoms with Crippen molar-refractivity contribution in [2.45, 2.75) is 6.04 Å². The molecule has 1 aliphatic heterocycles. The van der Waals surface area contributed by atoms with Crippen LogP contribution in [0.25, 0.3) is 0 Å². The van der Waals surface area contributed by atoms with Gasteiger partial charge < -0.3 is 15.8 Å². The Hall–Kier alpha value is -1.14. The molecule has 0 saturated carbocycles. The number of likely N-dealkylation sites (N-methyl/N-ethyl adjacent to an activating group) is 1. The van der Waals surface area contributed by atoms with Gasteiger partial charge in [0, 0.05) is 13.6 Å². The van der Waals surface area contributed by atoms with Crippen LogP contribution >= 0.6 is 0 Å². The molecule has 6 nitrogen and oxygen atoms in total. The average Bonchev–Trinajstić information content (AvgIpc) is 2.16. The second-order valence-electron chi connectivity index (χ2n) is 3.14. The molecule has 0 aromatic heterocycles. The summed E-state index contributed by atoms with van der Waals surface area (Å²) in [5.41, 5.74) is 5.07. The zero-order valence-electron chi connectivity index (χ0n) is 8.16. The fourth-order valence-corrected chi connectivity index (χ4v) is 1.44. The highest BCUT2D eigenvalue weighted by atomic mass is 16.5. The monoisotopic (exact) mass is 201 g/mol. The molecule has 1 fully saturated rings. The summed E-state index contributed by atoms with van der Waals surface area (Å²) in [4.78, 5) is 23.8. The van der Waals surface area contributed by atoms with Gasteiger partial charge in [-0.1, -0.05) is 0 Å². The number of hydrogen-bond donors (Lipinski definition) is 2. The van der Waals surface area contributed by atoms with Crippen molar-refractivity contribution < 1.29 is 14.3 Å². The minimum atomic E-state index is -0.430. The van der Waals surface area contributed by atoms with Crippen molar-refractivity contribution in [2.75, 3.05) is 33.4 Å². The fraction of sp³-hybridized carbons (Fsp3) is 0.750. The Labute approximate surface area is 82.4 Å². The first-order valence-corrected chi connectivity index (χ1v) is 4.47. The van der Waals surface area contributed by atoms with Crippen LogP contribution in [0.5, 0.6) is 0 Å². The van der Waals surface area contributed by atoms with E-state index in [1.807, 2.05) is 0 Å². The maximum absolute atomic E-state index is 11.4. The van der Waals surface area contributed by atoms with Crippen molar-refractivity contribution in [3.8, 4) is 0 Å². The first kappa shape index (κ1) is 10.9. The Morgan fingerprint density at radius 2 is 2.36 bits per heavy atom. The average molecular weight is 201 g/mol. The third kappa shape index (κ3) is 2.68. The zero-order chi connectivity index (χ0) is 10.6. The highest BCUT2D eigenvalue weighted by Crippen LogP contribution is 2.05. The van der Waals surface area contributed by atoms with Crippen LogP contribution in [0.4, 0.5) is 0 Å². The summed E-state index contributed by atoms with van der Waals surface area (Å²) in [6, 6.07) is -0.402. The molecule has 0 spiro atoms. The van der Waals surface area contributed by atoms with E-state index in [9.17, 15) is 9.59 Å². The molecule has 1 saturated heterocycles. The van der Waals surface area contributed by atoms with E-state index in [-0.39, 0.29) is 12.5 Å². The SMILES string of the molecule is CNC(=O)C1COCCN1CC(N)=O. The number of hydrogen-bond acceptors (Lipinski definition) is 4. The third-order valence-electron chi connectivity index (χ3n) is 2.15. The maximum Gasteiger partial charge on any atom is 0.239 e. The van der Waals surface area contributed by atoms with Crippen LogP contribution in [0.2, 0.25) is 0 Å². The van der Waals surface area contributed by atoms with Gasteiger partial charge in [0.15, 0.2) is 0 Å². The summed E-state index contributed by atoms with van der Waals surface area (Å²) < 4.78 is 5.16. The van der Waals surface area contributed by atoms with Crippen LogP contribution in [-0.2, 0) is 14.3 Å². The molecule has 6 heteroatoms. The molecule has 1 aliphatic rings. The van der Waals surface area contributed by atoms with Gasteiger partial charge in [0.25, 0.3) is 0 Å². The van der Waals surface area contributed by atoms with Crippen LogP contribution in [0.3, 0.4) is 0 Å². The van der Waals surface area contributed by atoms with E-state index in [0.717, 1.165) is 0 Å². The Balaban J connectivity index is 2.58. The molecule has 0 aromatic carbocycles. The summed E-state index contributed by atoms with van der Waals surface area (Å²) in [6.45, 7) is 1.50. The van der Waals surface area contributed by atoms with E-state index in [1.165, 1.54) is 0 Å². The Kier molecular flexibility index (Phi) is 3.84. The van der Waals surface area contributed by atoms with E-state index in [1.54, 1.807) is 11.9 Å². The number of amides is 2. The molecule has 0 radical (unpaired) electrons. The Morgan fingerprint density at radius 1 is 1.64 bits per heavy atom. The number of nitrogens with one attached hydrogen (secondary N) is 1. The normalized spacial score (nSPS) is 23.1.